The lowest BCUT2D eigenvalue weighted by Crippen LogP contribution is -2.49. The summed E-state index contributed by atoms with van der Waals surface area (Å²) in [6.07, 6.45) is 3.18. The minimum Gasteiger partial charge on any atom is -0.453 e. The van der Waals surface area contributed by atoms with Crippen molar-refractivity contribution >= 4 is 12.1 Å². The van der Waals surface area contributed by atoms with Crippen LogP contribution in [-0.2, 0) is 4.74 Å². The minimum absolute atomic E-state index is 0.0251. The van der Waals surface area contributed by atoms with Crippen molar-refractivity contribution in [2.45, 2.75) is 12.2 Å². The Morgan fingerprint density at radius 3 is 3.36 bits per heavy atom. The predicted molar refractivity (Wildman–Crippen MR) is 50.6 cm³/mol. The molecule has 0 bridgehead atoms. The second-order valence-corrected chi connectivity index (χ2v) is 3.15. The second-order valence-electron chi connectivity index (χ2n) is 3.15. The Labute approximate surface area is 81.4 Å². The smallest absolute Gasteiger partial charge is 0.411 e. The zero-order valence-corrected chi connectivity index (χ0v) is 7.80. The molecule has 2 atom stereocenters. The van der Waals surface area contributed by atoms with Gasteiger partial charge in [0.1, 0.15) is 0 Å². The molecule has 2 aliphatic heterocycles. The first-order chi connectivity index (χ1) is 6.72. The van der Waals surface area contributed by atoms with E-state index < -0.39 is 0 Å². The fourth-order valence-electron chi connectivity index (χ4n) is 1.65. The molecule has 0 aromatic carbocycles. The Bertz CT molecular complexity index is 312. The van der Waals surface area contributed by atoms with E-state index in [0.29, 0.717) is 12.5 Å². The molecule has 0 fully saturated rings. The van der Waals surface area contributed by atoms with Gasteiger partial charge in [-0.1, -0.05) is 12.2 Å². The van der Waals surface area contributed by atoms with Gasteiger partial charge in [0, 0.05) is 6.54 Å². The number of rotatable bonds is 0. The predicted octanol–water partition coefficient (Wildman–Crippen LogP) is -0.763. The van der Waals surface area contributed by atoms with Gasteiger partial charge in [0.05, 0.1) is 13.2 Å². The molecule has 0 aliphatic carbocycles. The van der Waals surface area contributed by atoms with Gasteiger partial charge in [-0.05, 0) is 0 Å². The number of ether oxygens (including phenoxy) is 1. The molecule has 2 aliphatic rings. The highest BCUT2D eigenvalue weighted by Gasteiger charge is 2.36. The van der Waals surface area contributed by atoms with Gasteiger partial charge in [0.25, 0.3) is 0 Å². The maximum absolute atomic E-state index is 11.3. The molecular weight excluding hydrogens is 184 g/mol. The molecule has 76 valence electrons. The SMILES string of the molecule is COC(=O)N1CC=C[C@@H]2NC(N)=N[C@@H]21. The number of nitrogens with one attached hydrogen (secondary N) is 1. The molecule has 0 unspecified atom stereocenters. The molecular formula is C8H12N4O2. The number of carbonyl (C=O) groups is 1. The summed E-state index contributed by atoms with van der Waals surface area (Å²) in [5, 5.41) is 2.96. The quantitative estimate of drug-likeness (QED) is 0.499. The van der Waals surface area contributed by atoms with E-state index in [4.69, 9.17) is 5.73 Å². The second kappa shape index (κ2) is 3.21. The van der Waals surface area contributed by atoms with Crippen LogP contribution in [0.25, 0.3) is 0 Å². The molecule has 14 heavy (non-hydrogen) atoms. The lowest BCUT2D eigenvalue weighted by atomic mass is 10.1. The van der Waals surface area contributed by atoms with Crippen molar-refractivity contribution in [1.82, 2.24) is 10.2 Å². The molecule has 6 heteroatoms. The summed E-state index contributed by atoms with van der Waals surface area (Å²) >= 11 is 0. The summed E-state index contributed by atoms with van der Waals surface area (Å²) < 4.78 is 4.65. The molecule has 6 nitrogen and oxygen atoms in total. The van der Waals surface area contributed by atoms with Crippen LogP contribution in [0.4, 0.5) is 4.79 Å². The number of methoxy groups -OCH3 is 1. The van der Waals surface area contributed by atoms with Crippen molar-refractivity contribution in [3.63, 3.8) is 0 Å². The van der Waals surface area contributed by atoms with Crippen molar-refractivity contribution in [3.8, 4) is 0 Å². The maximum atomic E-state index is 11.3. The largest absolute Gasteiger partial charge is 0.453 e. The fourth-order valence-corrected chi connectivity index (χ4v) is 1.65. The Morgan fingerprint density at radius 2 is 2.64 bits per heavy atom. The van der Waals surface area contributed by atoms with Gasteiger partial charge in [-0.15, -0.1) is 0 Å². The number of nitrogens with two attached hydrogens (primary N) is 1. The van der Waals surface area contributed by atoms with Crippen molar-refractivity contribution < 1.29 is 9.53 Å². The van der Waals surface area contributed by atoms with E-state index in [2.05, 4.69) is 15.0 Å². The summed E-state index contributed by atoms with van der Waals surface area (Å²) in [6.45, 7) is 0.506. The van der Waals surface area contributed by atoms with Gasteiger partial charge in [0.15, 0.2) is 12.1 Å². The summed E-state index contributed by atoms with van der Waals surface area (Å²) in [7, 11) is 1.35. The van der Waals surface area contributed by atoms with Crippen LogP contribution in [0.5, 0.6) is 0 Å². The maximum Gasteiger partial charge on any atom is 0.411 e. The Hall–Kier alpha value is -1.72. The van der Waals surface area contributed by atoms with E-state index in [1.807, 2.05) is 12.2 Å². The van der Waals surface area contributed by atoms with E-state index in [1.54, 1.807) is 0 Å². The molecule has 0 aromatic heterocycles. The van der Waals surface area contributed by atoms with E-state index in [1.165, 1.54) is 12.0 Å². The molecule has 1 amide bonds. The third kappa shape index (κ3) is 1.28. The number of carbonyl (C=O) groups excluding carboxylic acids is 1. The van der Waals surface area contributed by atoms with Gasteiger partial charge >= 0.3 is 6.09 Å². The third-order valence-corrected chi connectivity index (χ3v) is 2.28. The van der Waals surface area contributed by atoms with Gasteiger partial charge in [-0.2, -0.15) is 0 Å². The number of aliphatic imine (C=N–C) groups is 1. The van der Waals surface area contributed by atoms with Crippen molar-refractivity contribution in [2.24, 2.45) is 10.7 Å². The number of hydrogen-bond donors (Lipinski definition) is 2. The number of nitrogens with zero attached hydrogens (tertiary/aromatic N) is 2. The van der Waals surface area contributed by atoms with E-state index >= 15 is 0 Å². The van der Waals surface area contributed by atoms with Crippen molar-refractivity contribution in [1.29, 1.82) is 0 Å². The zero-order chi connectivity index (χ0) is 10.1. The van der Waals surface area contributed by atoms with Crippen LogP contribution in [0, 0.1) is 0 Å². The molecule has 2 heterocycles. The molecule has 0 aromatic rings. The highest BCUT2D eigenvalue weighted by Crippen LogP contribution is 2.17. The summed E-state index contributed by atoms with van der Waals surface area (Å²) in [4.78, 5) is 17.0. The number of fused-ring (bicyclic) bond motifs is 1. The molecule has 0 saturated carbocycles. The first-order valence-electron chi connectivity index (χ1n) is 4.33. The van der Waals surface area contributed by atoms with E-state index in [0.717, 1.165) is 0 Å². The summed E-state index contributed by atoms with van der Waals surface area (Å²) in [5.41, 5.74) is 5.52. The Balaban J connectivity index is 2.20. The summed E-state index contributed by atoms with van der Waals surface area (Å²) in [5.74, 6) is 0.362. The van der Waals surface area contributed by atoms with Crippen LogP contribution in [0.3, 0.4) is 0 Å². The topological polar surface area (TPSA) is 80.0 Å². The molecule has 0 radical (unpaired) electrons. The zero-order valence-electron chi connectivity index (χ0n) is 7.80. The van der Waals surface area contributed by atoms with Crippen molar-refractivity contribution in [2.75, 3.05) is 13.7 Å². The van der Waals surface area contributed by atoms with Crippen LogP contribution < -0.4 is 11.1 Å². The number of amides is 1. The van der Waals surface area contributed by atoms with Gasteiger partial charge in [-0.3, -0.25) is 4.90 Å². The molecule has 0 saturated heterocycles. The minimum atomic E-state index is -0.385. The van der Waals surface area contributed by atoms with E-state index in [-0.39, 0.29) is 18.3 Å². The highest BCUT2D eigenvalue weighted by molar-refractivity contribution is 5.81. The van der Waals surface area contributed by atoms with Crippen LogP contribution in [0.15, 0.2) is 17.1 Å². The van der Waals surface area contributed by atoms with Crippen LogP contribution >= 0.6 is 0 Å². The molecule has 2 rings (SSSR count). The molecule has 0 spiro atoms. The molecule has 3 N–H and O–H groups in total. The van der Waals surface area contributed by atoms with Gasteiger partial charge < -0.3 is 15.8 Å². The average Bonchev–Trinajstić information content (AvgIpc) is 2.56. The first-order valence-corrected chi connectivity index (χ1v) is 4.33. The normalized spacial score (nSPS) is 29.2. The summed E-state index contributed by atoms with van der Waals surface area (Å²) in [6, 6.07) is -0.0251. The fraction of sp³-hybridized carbons (Fsp3) is 0.500. The van der Waals surface area contributed by atoms with Crippen molar-refractivity contribution in [3.05, 3.63) is 12.2 Å². The standard InChI is InChI=1S/C8H12N4O2/c1-14-8(13)12-4-2-3-5-6(12)11-7(9)10-5/h2-3,5-6H,4H2,1H3,(H3,9,10,11)/t5-,6+/m0/s1. The van der Waals surface area contributed by atoms with Gasteiger partial charge in [-0.25, -0.2) is 9.79 Å². The Morgan fingerprint density at radius 1 is 1.86 bits per heavy atom. The van der Waals surface area contributed by atoms with Gasteiger partial charge in [0.2, 0.25) is 0 Å². The van der Waals surface area contributed by atoms with E-state index in [9.17, 15) is 4.79 Å². The Kier molecular flexibility index (Phi) is 2.03. The third-order valence-electron chi connectivity index (χ3n) is 2.28. The highest BCUT2D eigenvalue weighted by atomic mass is 16.5. The lowest BCUT2D eigenvalue weighted by Gasteiger charge is -2.30. The van der Waals surface area contributed by atoms with Crippen LogP contribution in [0.1, 0.15) is 0 Å². The lowest BCUT2D eigenvalue weighted by molar-refractivity contribution is 0.107. The van der Waals surface area contributed by atoms with Crippen LogP contribution in [-0.4, -0.2) is 42.8 Å². The van der Waals surface area contributed by atoms with Crippen LogP contribution in [0.2, 0.25) is 0 Å². The number of hydrogen-bond acceptors (Lipinski definition) is 5. The monoisotopic (exact) mass is 196 g/mol. The average molecular weight is 196 g/mol. The first kappa shape index (κ1) is 8.86. The number of guanidine groups is 1.